The molecule has 2 rings (SSSR count). The molecule has 2 nitrogen and oxygen atoms in total. The molecule has 0 saturated heterocycles. The van der Waals surface area contributed by atoms with Crippen LogP contribution in [0.3, 0.4) is 0 Å². The van der Waals surface area contributed by atoms with Crippen molar-refractivity contribution in [1.82, 2.24) is 0 Å². The Hall–Kier alpha value is -0.360. The Morgan fingerprint density at radius 1 is 1.24 bits per heavy atom. The number of hydrogen-bond donors (Lipinski definition) is 1. The van der Waals surface area contributed by atoms with Crippen LogP contribution in [0.2, 0.25) is 0 Å². The lowest BCUT2D eigenvalue weighted by Gasteiger charge is -2.10. The Balaban J connectivity index is 2.26. The number of ether oxygens (including phenoxy) is 1. The number of rotatable bonds is 3. The average Bonchev–Trinajstić information content (AvgIpc) is 2.69. The summed E-state index contributed by atoms with van der Waals surface area (Å²) < 4.78 is 7.23. The zero-order valence-corrected chi connectivity index (χ0v) is 13.1. The highest BCUT2D eigenvalue weighted by atomic mass is 79.9. The van der Waals surface area contributed by atoms with E-state index in [0.717, 1.165) is 24.4 Å². The van der Waals surface area contributed by atoms with Gasteiger partial charge in [-0.2, -0.15) is 0 Å². The number of methoxy groups -OCH3 is 1. The van der Waals surface area contributed by atoms with Crippen molar-refractivity contribution in [2.75, 3.05) is 7.11 Å². The fraction of sp³-hybridized carbons (Fsp3) is 0.167. The second kappa shape index (κ2) is 5.52. The molecule has 0 amide bonds. The normalized spacial score (nSPS) is 12.5. The third-order valence-electron chi connectivity index (χ3n) is 2.45. The molecular formula is C12H11Br2NOS. The Morgan fingerprint density at radius 2 is 1.88 bits per heavy atom. The molecular weight excluding hydrogens is 366 g/mol. The first-order valence-electron chi connectivity index (χ1n) is 4.96. The number of thiophene rings is 1. The maximum absolute atomic E-state index is 6.22. The molecule has 2 aromatic rings. The minimum absolute atomic E-state index is 0.103. The summed E-state index contributed by atoms with van der Waals surface area (Å²) in [5, 5.41) is 0. The van der Waals surface area contributed by atoms with Gasteiger partial charge in [-0.3, -0.25) is 0 Å². The van der Waals surface area contributed by atoms with Crippen LogP contribution >= 0.6 is 43.2 Å². The smallest absolute Gasteiger partial charge is 0.118 e. The minimum Gasteiger partial charge on any atom is -0.497 e. The third-order valence-corrected chi connectivity index (χ3v) is 5.78. The van der Waals surface area contributed by atoms with Crippen LogP contribution in [0.15, 0.2) is 38.6 Å². The fourth-order valence-corrected chi connectivity index (χ4v) is 3.61. The SMILES string of the molecule is COc1ccc(C(N)c2cc(Br)c(Br)s2)cc1. The predicted molar refractivity (Wildman–Crippen MR) is 78.7 cm³/mol. The zero-order chi connectivity index (χ0) is 12.4. The Morgan fingerprint density at radius 3 is 2.35 bits per heavy atom. The summed E-state index contributed by atoms with van der Waals surface area (Å²) in [6.45, 7) is 0. The van der Waals surface area contributed by atoms with Gasteiger partial charge >= 0.3 is 0 Å². The quantitative estimate of drug-likeness (QED) is 0.865. The zero-order valence-electron chi connectivity index (χ0n) is 9.11. The standard InChI is InChI=1S/C12H11Br2NOS/c1-16-8-4-2-7(3-5-8)11(15)10-6-9(13)12(14)17-10/h2-6,11H,15H2,1H3. The molecule has 0 saturated carbocycles. The van der Waals surface area contributed by atoms with E-state index >= 15 is 0 Å². The molecule has 1 aromatic heterocycles. The molecule has 1 aromatic carbocycles. The van der Waals surface area contributed by atoms with Gasteiger partial charge in [-0.1, -0.05) is 12.1 Å². The summed E-state index contributed by atoms with van der Waals surface area (Å²) >= 11 is 8.58. The molecule has 0 fully saturated rings. The summed E-state index contributed by atoms with van der Waals surface area (Å²) in [5.41, 5.74) is 7.29. The second-order valence-electron chi connectivity index (χ2n) is 3.52. The first-order valence-corrected chi connectivity index (χ1v) is 7.36. The summed E-state index contributed by atoms with van der Waals surface area (Å²) in [7, 11) is 1.66. The van der Waals surface area contributed by atoms with E-state index in [-0.39, 0.29) is 6.04 Å². The van der Waals surface area contributed by atoms with Crippen molar-refractivity contribution in [3.63, 3.8) is 0 Å². The molecule has 5 heteroatoms. The lowest BCUT2D eigenvalue weighted by molar-refractivity contribution is 0.414. The van der Waals surface area contributed by atoms with Crippen molar-refractivity contribution in [1.29, 1.82) is 0 Å². The Bertz CT molecular complexity index is 490. The molecule has 2 N–H and O–H groups in total. The van der Waals surface area contributed by atoms with E-state index < -0.39 is 0 Å². The van der Waals surface area contributed by atoms with E-state index in [4.69, 9.17) is 10.5 Å². The van der Waals surface area contributed by atoms with Crippen LogP contribution in [0.4, 0.5) is 0 Å². The Kier molecular flexibility index (Phi) is 4.25. The molecule has 17 heavy (non-hydrogen) atoms. The van der Waals surface area contributed by atoms with E-state index in [1.54, 1.807) is 18.4 Å². The molecule has 90 valence electrons. The first kappa shape index (κ1) is 13.1. The van der Waals surface area contributed by atoms with Gasteiger partial charge in [0.1, 0.15) is 5.75 Å². The third kappa shape index (κ3) is 2.91. The van der Waals surface area contributed by atoms with Gasteiger partial charge in [-0.15, -0.1) is 11.3 Å². The van der Waals surface area contributed by atoms with Gasteiger partial charge in [0.15, 0.2) is 0 Å². The highest BCUT2D eigenvalue weighted by molar-refractivity contribution is 9.13. The van der Waals surface area contributed by atoms with Crippen LogP contribution in [0.5, 0.6) is 5.75 Å². The lowest BCUT2D eigenvalue weighted by Crippen LogP contribution is -2.09. The molecule has 0 radical (unpaired) electrons. The van der Waals surface area contributed by atoms with Crippen molar-refractivity contribution in [2.45, 2.75) is 6.04 Å². The maximum atomic E-state index is 6.22. The van der Waals surface area contributed by atoms with Crippen LogP contribution in [0, 0.1) is 0 Å². The molecule has 1 unspecified atom stereocenters. The topological polar surface area (TPSA) is 35.2 Å². The summed E-state index contributed by atoms with van der Waals surface area (Å²) in [5.74, 6) is 0.842. The van der Waals surface area contributed by atoms with Gasteiger partial charge in [-0.25, -0.2) is 0 Å². The van der Waals surface area contributed by atoms with Crippen molar-refractivity contribution in [3.8, 4) is 5.75 Å². The largest absolute Gasteiger partial charge is 0.497 e. The fourth-order valence-electron chi connectivity index (χ4n) is 1.49. The highest BCUT2D eigenvalue weighted by Crippen LogP contribution is 2.36. The van der Waals surface area contributed by atoms with Gasteiger partial charge < -0.3 is 10.5 Å². The van der Waals surface area contributed by atoms with Crippen molar-refractivity contribution < 1.29 is 4.74 Å². The summed E-state index contributed by atoms with van der Waals surface area (Å²) in [6, 6.07) is 9.77. The van der Waals surface area contributed by atoms with Crippen molar-refractivity contribution >= 4 is 43.2 Å². The highest BCUT2D eigenvalue weighted by Gasteiger charge is 2.13. The van der Waals surface area contributed by atoms with Crippen LogP contribution in [0.25, 0.3) is 0 Å². The molecule has 1 heterocycles. The Labute approximate surface area is 121 Å². The van der Waals surface area contributed by atoms with Gasteiger partial charge in [-0.05, 0) is 55.6 Å². The average molecular weight is 377 g/mol. The van der Waals surface area contributed by atoms with E-state index in [9.17, 15) is 0 Å². The molecule has 0 spiro atoms. The van der Waals surface area contributed by atoms with Gasteiger partial charge in [0.05, 0.1) is 16.9 Å². The van der Waals surface area contributed by atoms with E-state index in [1.807, 2.05) is 30.3 Å². The van der Waals surface area contributed by atoms with E-state index in [1.165, 1.54) is 0 Å². The summed E-state index contributed by atoms with van der Waals surface area (Å²) in [6.07, 6.45) is 0. The molecule has 1 atom stereocenters. The van der Waals surface area contributed by atoms with Crippen LogP contribution < -0.4 is 10.5 Å². The number of hydrogen-bond acceptors (Lipinski definition) is 3. The molecule has 0 bridgehead atoms. The van der Waals surface area contributed by atoms with Crippen molar-refractivity contribution in [3.05, 3.63) is 49.0 Å². The van der Waals surface area contributed by atoms with Crippen LogP contribution in [-0.2, 0) is 0 Å². The number of halogens is 2. The number of benzene rings is 1. The van der Waals surface area contributed by atoms with Gasteiger partial charge in [0.2, 0.25) is 0 Å². The van der Waals surface area contributed by atoms with Crippen molar-refractivity contribution in [2.24, 2.45) is 5.73 Å². The predicted octanol–water partition coefficient (Wildman–Crippen LogP) is 4.33. The maximum Gasteiger partial charge on any atom is 0.118 e. The molecule has 0 aliphatic carbocycles. The van der Waals surface area contributed by atoms with E-state index in [2.05, 4.69) is 31.9 Å². The van der Waals surface area contributed by atoms with Crippen LogP contribution in [-0.4, -0.2) is 7.11 Å². The van der Waals surface area contributed by atoms with E-state index in [0.29, 0.717) is 0 Å². The first-order chi connectivity index (χ1) is 8.11. The van der Waals surface area contributed by atoms with Gasteiger partial charge in [0.25, 0.3) is 0 Å². The lowest BCUT2D eigenvalue weighted by atomic mass is 10.1. The minimum atomic E-state index is -0.103. The molecule has 0 aliphatic heterocycles. The van der Waals surface area contributed by atoms with Crippen LogP contribution in [0.1, 0.15) is 16.5 Å². The monoisotopic (exact) mass is 375 g/mol. The number of nitrogens with two attached hydrogens (primary N) is 1. The second-order valence-corrected chi connectivity index (χ2v) is 6.78. The van der Waals surface area contributed by atoms with Gasteiger partial charge in [0, 0.05) is 9.35 Å². The molecule has 0 aliphatic rings. The summed E-state index contributed by atoms with van der Waals surface area (Å²) in [4.78, 5) is 1.12.